The second-order valence-corrected chi connectivity index (χ2v) is 7.01. The van der Waals surface area contributed by atoms with Crippen LogP contribution in [0.2, 0.25) is 0 Å². The molecular formula is C17H28O4. The van der Waals surface area contributed by atoms with Crippen LogP contribution in [-0.2, 0) is 16.8 Å². The van der Waals surface area contributed by atoms with Crippen molar-refractivity contribution in [3.05, 3.63) is 28.8 Å². The molecule has 0 radical (unpaired) electrons. The summed E-state index contributed by atoms with van der Waals surface area (Å²) in [5, 5.41) is 31.2. The molecule has 1 aromatic rings. The van der Waals surface area contributed by atoms with Crippen molar-refractivity contribution in [1.82, 2.24) is 0 Å². The van der Waals surface area contributed by atoms with Gasteiger partial charge in [-0.25, -0.2) is 0 Å². The average molecular weight is 296 g/mol. The summed E-state index contributed by atoms with van der Waals surface area (Å²) < 4.78 is 5.69. The van der Waals surface area contributed by atoms with Crippen molar-refractivity contribution in [3.8, 4) is 5.75 Å². The maximum Gasteiger partial charge on any atom is 0.131 e. The predicted molar refractivity (Wildman–Crippen MR) is 83.3 cm³/mol. The van der Waals surface area contributed by atoms with Crippen LogP contribution in [0.5, 0.6) is 5.75 Å². The van der Waals surface area contributed by atoms with E-state index < -0.39 is 16.8 Å². The largest absolute Gasteiger partial charge is 0.493 e. The molecular weight excluding hydrogens is 268 g/mol. The van der Waals surface area contributed by atoms with Crippen LogP contribution in [0.4, 0.5) is 0 Å². The summed E-state index contributed by atoms with van der Waals surface area (Å²) >= 11 is 0. The third-order valence-corrected chi connectivity index (χ3v) is 3.40. The van der Waals surface area contributed by atoms with Gasteiger partial charge < -0.3 is 20.1 Å². The molecule has 0 saturated carbocycles. The van der Waals surface area contributed by atoms with E-state index in [1.165, 1.54) is 0 Å². The third kappa shape index (κ3) is 4.19. The zero-order valence-electron chi connectivity index (χ0n) is 14.1. The van der Waals surface area contributed by atoms with Gasteiger partial charge in [0, 0.05) is 11.1 Å². The van der Waals surface area contributed by atoms with E-state index in [1.54, 1.807) is 53.7 Å². The Morgan fingerprint density at radius 1 is 0.810 bits per heavy atom. The normalized spacial score (nSPS) is 13.4. The molecule has 4 heteroatoms. The van der Waals surface area contributed by atoms with Gasteiger partial charge in [0.15, 0.2) is 0 Å². The van der Waals surface area contributed by atoms with Crippen molar-refractivity contribution in [2.75, 3.05) is 6.61 Å². The lowest BCUT2D eigenvalue weighted by atomic mass is 9.84. The van der Waals surface area contributed by atoms with Gasteiger partial charge >= 0.3 is 0 Å². The summed E-state index contributed by atoms with van der Waals surface area (Å²) in [6.07, 6.45) is 0. The molecule has 0 aliphatic heterocycles. The van der Waals surface area contributed by atoms with Gasteiger partial charge in [0.1, 0.15) is 5.75 Å². The Hall–Kier alpha value is -1.10. The molecule has 0 bridgehead atoms. The summed E-state index contributed by atoms with van der Waals surface area (Å²) in [6, 6.07) is 3.47. The van der Waals surface area contributed by atoms with E-state index in [-0.39, 0.29) is 0 Å². The molecule has 1 aromatic carbocycles. The molecule has 0 spiro atoms. The van der Waals surface area contributed by atoms with Crippen LogP contribution in [0.25, 0.3) is 0 Å². The first-order valence-electron chi connectivity index (χ1n) is 7.28. The number of hydrogen-bond donors (Lipinski definition) is 3. The van der Waals surface area contributed by atoms with Gasteiger partial charge in [-0.2, -0.15) is 0 Å². The highest BCUT2D eigenvalue weighted by atomic mass is 16.5. The van der Waals surface area contributed by atoms with Crippen molar-refractivity contribution in [2.24, 2.45) is 0 Å². The second-order valence-electron chi connectivity index (χ2n) is 7.01. The molecule has 120 valence electrons. The molecule has 0 aliphatic carbocycles. The SMILES string of the molecule is CCOc1c(C(C)(C)O)cc(C(C)(C)O)cc1C(C)(C)O. The number of benzene rings is 1. The van der Waals surface area contributed by atoms with Crippen LogP contribution < -0.4 is 4.74 Å². The van der Waals surface area contributed by atoms with Crippen molar-refractivity contribution in [3.63, 3.8) is 0 Å². The molecule has 0 amide bonds. The van der Waals surface area contributed by atoms with Gasteiger partial charge in [-0.15, -0.1) is 0 Å². The zero-order valence-corrected chi connectivity index (χ0v) is 14.1. The Labute approximate surface area is 127 Å². The van der Waals surface area contributed by atoms with Gasteiger partial charge in [0.05, 0.1) is 23.4 Å². The van der Waals surface area contributed by atoms with E-state index in [1.807, 2.05) is 6.92 Å². The average Bonchev–Trinajstić information content (AvgIpc) is 2.24. The molecule has 1 rings (SSSR count). The lowest BCUT2D eigenvalue weighted by Gasteiger charge is -2.31. The molecule has 0 atom stereocenters. The molecule has 0 aliphatic rings. The summed E-state index contributed by atoms with van der Waals surface area (Å²) in [7, 11) is 0. The molecule has 0 saturated heterocycles. The van der Waals surface area contributed by atoms with Crippen molar-refractivity contribution < 1.29 is 20.1 Å². The van der Waals surface area contributed by atoms with E-state index in [0.29, 0.717) is 29.0 Å². The Kier molecular flexibility index (Phi) is 4.78. The maximum absolute atomic E-state index is 10.4. The highest BCUT2D eigenvalue weighted by Gasteiger charge is 2.32. The van der Waals surface area contributed by atoms with Crippen molar-refractivity contribution >= 4 is 0 Å². The first kappa shape index (κ1) is 18.0. The molecule has 0 fully saturated rings. The van der Waals surface area contributed by atoms with Crippen molar-refractivity contribution in [1.29, 1.82) is 0 Å². The number of hydrogen-bond acceptors (Lipinski definition) is 4. The molecule has 0 heterocycles. The van der Waals surface area contributed by atoms with Crippen LogP contribution in [0.3, 0.4) is 0 Å². The fourth-order valence-corrected chi connectivity index (χ4v) is 2.19. The van der Waals surface area contributed by atoms with Crippen LogP contribution in [-0.4, -0.2) is 21.9 Å². The van der Waals surface area contributed by atoms with Gasteiger partial charge in [-0.3, -0.25) is 0 Å². The minimum absolute atomic E-state index is 0.425. The number of rotatable bonds is 5. The van der Waals surface area contributed by atoms with Gasteiger partial charge in [0.25, 0.3) is 0 Å². The van der Waals surface area contributed by atoms with Crippen molar-refractivity contribution in [2.45, 2.75) is 65.3 Å². The van der Waals surface area contributed by atoms with Gasteiger partial charge in [0.2, 0.25) is 0 Å². The highest BCUT2D eigenvalue weighted by molar-refractivity contribution is 5.50. The van der Waals surface area contributed by atoms with E-state index in [0.717, 1.165) is 0 Å². The van der Waals surface area contributed by atoms with E-state index in [2.05, 4.69) is 0 Å². The molecule has 0 unspecified atom stereocenters. The van der Waals surface area contributed by atoms with E-state index in [9.17, 15) is 15.3 Å². The van der Waals surface area contributed by atoms with Crippen LogP contribution >= 0.6 is 0 Å². The predicted octanol–water partition coefficient (Wildman–Crippen LogP) is 2.77. The number of ether oxygens (including phenoxy) is 1. The molecule has 4 nitrogen and oxygen atoms in total. The van der Waals surface area contributed by atoms with E-state index >= 15 is 0 Å². The Balaban J connectivity index is 3.75. The molecule has 21 heavy (non-hydrogen) atoms. The van der Waals surface area contributed by atoms with Gasteiger partial charge in [-0.05, 0) is 66.2 Å². The monoisotopic (exact) mass is 296 g/mol. The first-order chi connectivity index (χ1) is 9.28. The smallest absolute Gasteiger partial charge is 0.131 e. The Morgan fingerprint density at radius 3 is 1.43 bits per heavy atom. The molecule has 0 aromatic heterocycles. The minimum atomic E-state index is -1.15. The number of aliphatic hydroxyl groups is 3. The summed E-state index contributed by atoms with van der Waals surface area (Å²) in [5.74, 6) is 0.477. The maximum atomic E-state index is 10.4. The van der Waals surface area contributed by atoms with Gasteiger partial charge in [-0.1, -0.05) is 0 Å². The zero-order chi connectivity index (χ0) is 16.6. The van der Waals surface area contributed by atoms with Crippen LogP contribution in [0.1, 0.15) is 65.2 Å². The second kappa shape index (κ2) is 5.59. The summed E-state index contributed by atoms with van der Waals surface area (Å²) in [6.45, 7) is 12.3. The highest BCUT2D eigenvalue weighted by Crippen LogP contribution is 2.41. The summed E-state index contributed by atoms with van der Waals surface area (Å²) in [5.41, 5.74) is -1.63. The van der Waals surface area contributed by atoms with Crippen LogP contribution in [0, 0.1) is 0 Å². The quantitative estimate of drug-likeness (QED) is 0.781. The van der Waals surface area contributed by atoms with E-state index in [4.69, 9.17) is 4.74 Å². The Morgan fingerprint density at radius 2 is 1.19 bits per heavy atom. The fourth-order valence-electron chi connectivity index (χ4n) is 2.19. The minimum Gasteiger partial charge on any atom is -0.493 e. The fraction of sp³-hybridized carbons (Fsp3) is 0.647. The first-order valence-corrected chi connectivity index (χ1v) is 7.28. The standard InChI is InChI=1S/C17H28O4/c1-8-21-14-12(16(4,5)19)9-11(15(2,3)18)10-13(14)17(6,7)20/h9-10,18-20H,8H2,1-7H3. The topological polar surface area (TPSA) is 69.9 Å². The van der Waals surface area contributed by atoms with Crippen LogP contribution in [0.15, 0.2) is 12.1 Å². The molecule has 3 N–H and O–H groups in total. The Bertz CT molecular complexity index is 464. The third-order valence-electron chi connectivity index (χ3n) is 3.40. The lowest BCUT2D eigenvalue weighted by Crippen LogP contribution is -2.26. The summed E-state index contributed by atoms with van der Waals surface area (Å²) in [4.78, 5) is 0. The lowest BCUT2D eigenvalue weighted by molar-refractivity contribution is 0.0597.